The van der Waals surface area contributed by atoms with Crippen LogP contribution in [0.3, 0.4) is 0 Å². The second-order valence-electron chi connectivity index (χ2n) is 15.8. The predicted molar refractivity (Wildman–Crippen MR) is 197 cm³/mol. The fourth-order valence-electron chi connectivity index (χ4n) is 6.93. The summed E-state index contributed by atoms with van der Waals surface area (Å²) >= 11 is 0. The summed E-state index contributed by atoms with van der Waals surface area (Å²) in [4.78, 5) is 36.5. The van der Waals surface area contributed by atoms with Crippen molar-refractivity contribution in [3.05, 3.63) is 76.9 Å². The third-order valence-corrected chi connectivity index (χ3v) is 9.93. The Morgan fingerprint density at radius 1 is 1.06 bits per heavy atom. The van der Waals surface area contributed by atoms with Crippen LogP contribution >= 0.6 is 0 Å². The molecule has 1 amide bonds. The number of aryl methyl sites for hydroxylation is 1. The molecule has 276 valence electrons. The molecule has 2 fully saturated rings. The Labute approximate surface area is 302 Å². The van der Waals surface area contributed by atoms with Crippen LogP contribution in [-0.4, -0.2) is 79.0 Å². The number of amides is 1. The lowest BCUT2D eigenvalue weighted by Crippen LogP contribution is -2.40. The molecule has 10 heteroatoms. The Morgan fingerprint density at radius 3 is 2.27 bits per heavy atom. The first kappa shape index (κ1) is 38.2. The van der Waals surface area contributed by atoms with Crippen LogP contribution in [-0.2, 0) is 20.7 Å². The van der Waals surface area contributed by atoms with E-state index in [0.717, 1.165) is 36.8 Å². The number of benzene rings is 2. The lowest BCUT2D eigenvalue weighted by atomic mass is 9.81. The molecule has 5 rings (SSSR count). The SMILES string of the molecule is Cc1nc(C(=O)N(C)CC2CCOCC2)c(-c2ccc(OCCc3ccc(F)cc3)cc2)c(N2CCC(C)(C)CC2)c1C(OC(C)(C)C)C(=O)O. The third kappa shape index (κ3) is 9.86. The number of carboxylic acids is 1. The van der Waals surface area contributed by atoms with Gasteiger partial charge in [0.2, 0.25) is 0 Å². The van der Waals surface area contributed by atoms with Crippen LogP contribution in [0.25, 0.3) is 11.1 Å². The van der Waals surface area contributed by atoms with Gasteiger partial charge in [0.15, 0.2) is 6.10 Å². The quantitative estimate of drug-likeness (QED) is 0.203. The van der Waals surface area contributed by atoms with E-state index in [4.69, 9.17) is 19.2 Å². The van der Waals surface area contributed by atoms with Gasteiger partial charge >= 0.3 is 5.97 Å². The molecule has 2 aromatic carbocycles. The number of ether oxygens (including phenoxy) is 3. The van der Waals surface area contributed by atoms with Gasteiger partial charge in [0.1, 0.15) is 17.3 Å². The molecular weight excluding hydrogens is 649 g/mol. The first-order valence-electron chi connectivity index (χ1n) is 18.1. The molecule has 0 radical (unpaired) electrons. The summed E-state index contributed by atoms with van der Waals surface area (Å²) in [6.45, 7) is 15.5. The smallest absolute Gasteiger partial charge is 0.337 e. The van der Waals surface area contributed by atoms with E-state index >= 15 is 0 Å². The molecule has 2 saturated heterocycles. The maximum Gasteiger partial charge on any atom is 0.337 e. The summed E-state index contributed by atoms with van der Waals surface area (Å²) in [5.74, 6) is -0.633. The highest BCUT2D eigenvalue weighted by Crippen LogP contribution is 2.45. The van der Waals surface area contributed by atoms with E-state index in [1.165, 1.54) is 12.1 Å². The lowest BCUT2D eigenvalue weighted by Gasteiger charge is -2.41. The number of pyridine rings is 1. The monoisotopic (exact) mass is 703 g/mol. The molecule has 9 nitrogen and oxygen atoms in total. The molecule has 1 atom stereocenters. The van der Waals surface area contributed by atoms with Crippen molar-refractivity contribution in [2.75, 3.05) is 51.4 Å². The fraction of sp³-hybridized carbons (Fsp3) is 0.537. The van der Waals surface area contributed by atoms with Crippen LogP contribution in [0.1, 0.15) is 93.7 Å². The van der Waals surface area contributed by atoms with Gasteiger partial charge < -0.3 is 29.1 Å². The zero-order chi connectivity index (χ0) is 36.9. The molecule has 3 heterocycles. The van der Waals surface area contributed by atoms with E-state index in [1.54, 1.807) is 24.0 Å². The van der Waals surface area contributed by atoms with E-state index in [0.29, 0.717) is 80.1 Å². The van der Waals surface area contributed by atoms with E-state index in [1.807, 2.05) is 52.1 Å². The maximum absolute atomic E-state index is 14.5. The number of hydrogen-bond acceptors (Lipinski definition) is 7. The summed E-state index contributed by atoms with van der Waals surface area (Å²) < 4.78 is 31.3. The average molecular weight is 704 g/mol. The highest BCUT2D eigenvalue weighted by molar-refractivity contribution is 6.03. The number of aromatic nitrogens is 1. The number of nitrogens with zero attached hydrogens (tertiary/aromatic N) is 3. The molecule has 1 aromatic heterocycles. The second kappa shape index (κ2) is 16.1. The minimum absolute atomic E-state index is 0.127. The topological polar surface area (TPSA) is 101 Å². The standard InChI is InChI=1S/C41H54FN3O6/c1-27-33(37(39(47)48)51-40(2,3)4)36(45-21-19-41(5,6)20-22-45)34(35(43-27)38(46)44(7)26-29-16-23-49-24-17-29)30-10-14-32(15-11-30)50-25-18-28-8-12-31(42)13-9-28/h8-15,29,37H,16-26H2,1-7H3,(H,47,48). The zero-order valence-corrected chi connectivity index (χ0v) is 31.3. The largest absolute Gasteiger partial charge is 0.493 e. The van der Waals surface area contributed by atoms with Crippen LogP contribution in [0.2, 0.25) is 0 Å². The number of piperidine rings is 1. The molecule has 1 N–H and O–H groups in total. The summed E-state index contributed by atoms with van der Waals surface area (Å²) in [5, 5.41) is 10.7. The third-order valence-electron chi connectivity index (χ3n) is 9.93. The van der Waals surface area contributed by atoms with Gasteiger partial charge in [0.05, 0.1) is 17.9 Å². The Kier molecular flexibility index (Phi) is 12.1. The van der Waals surface area contributed by atoms with Crippen molar-refractivity contribution in [1.29, 1.82) is 0 Å². The van der Waals surface area contributed by atoms with Gasteiger partial charge in [-0.1, -0.05) is 38.1 Å². The van der Waals surface area contributed by atoms with Crippen molar-refractivity contribution in [2.24, 2.45) is 11.3 Å². The van der Waals surface area contributed by atoms with Crippen molar-refractivity contribution < 1.29 is 33.3 Å². The van der Waals surface area contributed by atoms with Crippen molar-refractivity contribution in [3.8, 4) is 16.9 Å². The Balaban J connectivity index is 1.61. The van der Waals surface area contributed by atoms with Gasteiger partial charge in [0, 0.05) is 63.1 Å². The number of carbonyl (C=O) groups excluding carboxylic acids is 1. The van der Waals surface area contributed by atoms with Gasteiger partial charge in [0.25, 0.3) is 5.91 Å². The fourth-order valence-corrected chi connectivity index (χ4v) is 6.93. The minimum Gasteiger partial charge on any atom is -0.493 e. The number of halogens is 1. The van der Waals surface area contributed by atoms with Crippen molar-refractivity contribution in [3.63, 3.8) is 0 Å². The molecule has 1 unspecified atom stereocenters. The summed E-state index contributed by atoms with van der Waals surface area (Å²) in [5.41, 5.74) is 3.56. The van der Waals surface area contributed by atoms with E-state index in [2.05, 4.69) is 18.7 Å². The Hall–Kier alpha value is -4.02. The first-order chi connectivity index (χ1) is 24.1. The molecule has 51 heavy (non-hydrogen) atoms. The molecule has 2 aliphatic heterocycles. The molecule has 0 spiro atoms. The molecule has 2 aliphatic rings. The zero-order valence-electron chi connectivity index (χ0n) is 31.3. The van der Waals surface area contributed by atoms with E-state index in [9.17, 15) is 19.1 Å². The van der Waals surface area contributed by atoms with E-state index < -0.39 is 17.7 Å². The van der Waals surface area contributed by atoms with Crippen LogP contribution in [0.15, 0.2) is 48.5 Å². The number of hydrogen-bond donors (Lipinski definition) is 1. The lowest BCUT2D eigenvalue weighted by molar-refractivity contribution is -0.160. The second-order valence-corrected chi connectivity index (χ2v) is 15.8. The van der Waals surface area contributed by atoms with Crippen LogP contribution in [0, 0.1) is 24.1 Å². The molecule has 0 saturated carbocycles. The number of rotatable bonds is 12. The van der Waals surface area contributed by atoms with Gasteiger partial charge in [-0.05, 0) is 100 Å². The Bertz CT molecular complexity index is 1650. The van der Waals surface area contributed by atoms with Gasteiger partial charge in [-0.25, -0.2) is 14.2 Å². The average Bonchev–Trinajstić information content (AvgIpc) is 3.08. The van der Waals surface area contributed by atoms with Crippen molar-refractivity contribution >= 4 is 17.6 Å². The molecular formula is C41H54FN3O6. The predicted octanol–water partition coefficient (Wildman–Crippen LogP) is 7.88. The summed E-state index contributed by atoms with van der Waals surface area (Å²) in [6, 6.07) is 13.9. The first-order valence-corrected chi connectivity index (χ1v) is 18.1. The summed E-state index contributed by atoms with van der Waals surface area (Å²) in [6.07, 6.45) is 2.89. The van der Waals surface area contributed by atoms with Crippen LogP contribution in [0.5, 0.6) is 5.75 Å². The minimum atomic E-state index is -1.31. The van der Waals surface area contributed by atoms with E-state index in [-0.39, 0.29) is 22.8 Å². The Morgan fingerprint density at radius 2 is 1.69 bits per heavy atom. The number of anilines is 1. The molecule has 0 aliphatic carbocycles. The van der Waals surface area contributed by atoms with Crippen LogP contribution < -0.4 is 9.64 Å². The highest BCUT2D eigenvalue weighted by Gasteiger charge is 2.38. The maximum atomic E-state index is 14.5. The highest BCUT2D eigenvalue weighted by atomic mass is 19.1. The van der Waals surface area contributed by atoms with Crippen molar-refractivity contribution in [1.82, 2.24) is 9.88 Å². The normalized spacial score (nSPS) is 17.2. The number of carbonyl (C=O) groups is 2. The number of aliphatic carboxylic acids is 1. The van der Waals surface area contributed by atoms with Crippen LogP contribution in [0.4, 0.5) is 10.1 Å². The molecule has 0 bridgehead atoms. The van der Waals surface area contributed by atoms with Crippen molar-refractivity contribution in [2.45, 2.75) is 85.4 Å². The van der Waals surface area contributed by atoms with Gasteiger partial charge in [-0.2, -0.15) is 0 Å². The number of carboxylic acid groups (broad SMARTS) is 1. The summed E-state index contributed by atoms with van der Waals surface area (Å²) in [7, 11) is 1.82. The molecule has 3 aromatic rings. The van der Waals surface area contributed by atoms with Gasteiger partial charge in [-0.15, -0.1) is 0 Å². The van der Waals surface area contributed by atoms with Gasteiger partial charge in [-0.3, -0.25) is 4.79 Å².